The Morgan fingerprint density at radius 3 is 2.39 bits per heavy atom. The molecule has 1 N–H and O–H groups in total. The highest BCUT2D eigenvalue weighted by Gasteiger charge is 2.15. The van der Waals surface area contributed by atoms with Crippen LogP contribution in [0.25, 0.3) is 22.2 Å². The molecule has 0 spiro atoms. The predicted molar refractivity (Wildman–Crippen MR) is 121 cm³/mol. The Kier molecular flexibility index (Phi) is 6.03. The summed E-state index contributed by atoms with van der Waals surface area (Å²) in [7, 11) is 1.36. The van der Waals surface area contributed by atoms with E-state index in [1.807, 2.05) is 72.8 Å². The number of hydrogen-bond donors (Lipinski definition) is 1. The minimum absolute atomic E-state index is 0.175. The molecule has 4 rings (SSSR count). The number of rotatable bonds is 6. The first-order chi connectivity index (χ1) is 15.2. The SMILES string of the molecule is COC(=O)c1ccccc1CCNC(=O)c1cc(-c2ccccc2)nc2ccccc12. The van der Waals surface area contributed by atoms with Gasteiger partial charge in [-0.1, -0.05) is 66.7 Å². The number of carbonyl (C=O) groups is 2. The lowest BCUT2D eigenvalue weighted by atomic mass is 10.0. The van der Waals surface area contributed by atoms with Gasteiger partial charge in [0.2, 0.25) is 0 Å². The van der Waals surface area contributed by atoms with Crippen LogP contribution in [0.15, 0.2) is 84.9 Å². The van der Waals surface area contributed by atoms with Gasteiger partial charge in [0.05, 0.1) is 29.4 Å². The third-order valence-electron chi connectivity index (χ3n) is 5.13. The first-order valence-electron chi connectivity index (χ1n) is 10.1. The van der Waals surface area contributed by atoms with Crippen molar-refractivity contribution < 1.29 is 14.3 Å². The van der Waals surface area contributed by atoms with E-state index in [-0.39, 0.29) is 11.9 Å². The second-order valence-electron chi connectivity index (χ2n) is 7.09. The molecule has 5 heteroatoms. The number of benzene rings is 3. The van der Waals surface area contributed by atoms with E-state index in [0.29, 0.717) is 24.1 Å². The van der Waals surface area contributed by atoms with Crippen LogP contribution in [0, 0.1) is 0 Å². The number of aromatic nitrogens is 1. The monoisotopic (exact) mass is 410 g/mol. The lowest BCUT2D eigenvalue weighted by Crippen LogP contribution is -2.26. The average molecular weight is 410 g/mol. The first kappa shape index (κ1) is 20.3. The number of ether oxygens (including phenoxy) is 1. The normalized spacial score (nSPS) is 10.6. The van der Waals surface area contributed by atoms with Gasteiger partial charge in [-0.3, -0.25) is 4.79 Å². The molecule has 0 saturated heterocycles. The summed E-state index contributed by atoms with van der Waals surface area (Å²) >= 11 is 0. The summed E-state index contributed by atoms with van der Waals surface area (Å²) < 4.78 is 4.84. The first-order valence-corrected chi connectivity index (χ1v) is 10.1. The van der Waals surface area contributed by atoms with E-state index in [0.717, 1.165) is 27.7 Å². The maximum absolute atomic E-state index is 13.1. The highest BCUT2D eigenvalue weighted by atomic mass is 16.5. The summed E-state index contributed by atoms with van der Waals surface area (Å²) in [6.45, 7) is 0.393. The molecule has 0 saturated carbocycles. The van der Waals surface area contributed by atoms with Crippen molar-refractivity contribution in [1.29, 1.82) is 0 Å². The number of pyridine rings is 1. The standard InChI is InChI=1S/C26H22N2O3/c1-31-26(30)20-12-6-5-9-18(20)15-16-27-25(29)22-17-24(19-10-3-2-4-11-19)28-23-14-8-7-13-21(22)23/h2-14,17H,15-16H2,1H3,(H,27,29). The van der Waals surface area contributed by atoms with Crippen LogP contribution in [-0.4, -0.2) is 30.5 Å². The topological polar surface area (TPSA) is 68.3 Å². The van der Waals surface area contributed by atoms with Crippen LogP contribution in [0.5, 0.6) is 0 Å². The minimum atomic E-state index is -0.380. The lowest BCUT2D eigenvalue weighted by molar-refractivity contribution is 0.0599. The van der Waals surface area contributed by atoms with Gasteiger partial charge in [0.25, 0.3) is 5.91 Å². The van der Waals surface area contributed by atoms with E-state index in [9.17, 15) is 9.59 Å². The molecule has 0 aliphatic carbocycles. The largest absolute Gasteiger partial charge is 0.465 e. The quantitative estimate of drug-likeness (QED) is 0.470. The van der Waals surface area contributed by atoms with Crippen molar-refractivity contribution >= 4 is 22.8 Å². The van der Waals surface area contributed by atoms with Crippen LogP contribution in [-0.2, 0) is 11.2 Å². The molecular formula is C26H22N2O3. The van der Waals surface area contributed by atoms with Crippen LogP contribution in [0.1, 0.15) is 26.3 Å². The van der Waals surface area contributed by atoms with E-state index in [1.165, 1.54) is 7.11 Å². The van der Waals surface area contributed by atoms with Gasteiger partial charge in [-0.25, -0.2) is 9.78 Å². The number of para-hydroxylation sites is 1. The van der Waals surface area contributed by atoms with E-state index >= 15 is 0 Å². The van der Waals surface area contributed by atoms with Gasteiger partial charge in [-0.15, -0.1) is 0 Å². The number of esters is 1. The third-order valence-corrected chi connectivity index (χ3v) is 5.13. The van der Waals surface area contributed by atoms with Crippen LogP contribution < -0.4 is 5.32 Å². The number of fused-ring (bicyclic) bond motifs is 1. The Morgan fingerprint density at radius 1 is 0.871 bits per heavy atom. The van der Waals surface area contributed by atoms with E-state index in [2.05, 4.69) is 5.32 Å². The summed E-state index contributed by atoms with van der Waals surface area (Å²) in [6.07, 6.45) is 0.519. The van der Waals surface area contributed by atoms with Crippen LogP contribution >= 0.6 is 0 Å². The van der Waals surface area contributed by atoms with E-state index < -0.39 is 0 Å². The highest BCUT2D eigenvalue weighted by molar-refractivity contribution is 6.07. The third kappa shape index (κ3) is 4.46. The number of methoxy groups -OCH3 is 1. The number of carbonyl (C=O) groups excluding carboxylic acids is 2. The molecule has 31 heavy (non-hydrogen) atoms. The Hall–Kier alpha value is -3.99. The van der Waals surface area contributed by atoms with Crippen molar-refractivity contribution in [1.82, 2.24) is 10.3 Å². The molecule has 4 aromatic rings. The van der Waals surface area contributed by atoms with Gasteiger partial charge in [0, 0.05) is 17.5 Å². The van der Waals surface area contributed by atoms with Gasteiger partial charge >= 0.3 is 5.97 Å². The van der Waals surface area contributed by atoms with Gasteiger partial charge in [0.15, 0.2) is 0 Å². The molecule has 0 radical (unpaired) electrons. The van der Waals surface area contributed by atoms with Crippen molar-refractivity contribution in [3.63, 3.8) is 0 Å². The van der Waals surface area contributed by atoms with Crippen molar-refractivity contribution in [2.45, 2.75) is 6.42 Å². The van der Waals surface area contributed by atoms with E-state index in [4.69, 9.17) is 9.72 Å². The number of nitrogens with one attached hydrogen (secondary N) is 1. The molecule has 1 amide bonds. The van der Waals surface area contributed by atoms with Crippen molar-refractivity contribution in [3.8, 4) is 11.3 Å². The van der Waals surface area contributed by atoms with Crippen LogP contribution in [0.3, 0.4) is 0 Å². The summed E-state index contributed by atoms with van der Waals surface area (Å²) in [5.41, 5.74) is 4.39. The Balaban J connectivity index is 1.58. The van der Waals surface area contributed by atoms with Gasteiger partial charge in [-0.05, 0) is 30.2 Å². The van der Waals surface area contributed by atoms with Crippen LogP contribution in [0.4, 0.5) is 0 Å². The number of amides is 1. The van der Waals surface area contributed by atoms with Gasteiger partial charge in [0.1, 0.15) is 0 Å². The van der Waals surface area contributed by atoms with Crippen molar-refractivity contribution in [3.05, 3.63) is 102 Å². The predicted octanol–water partition coefficient (Wildman–Crippen LogP) is 4.66. The Morgan fingerprint density at radius 2 is 1.58 bits per heavy atom. The second kappa shape index (κ2) is 9.22. The summed E-state index contributed by atoms with van der Waals surface area (Å²) in [5.74, 6) is -0.555. The van der Waals surface area contributed by atoms with Crippen molar-refractivity contribution in [2.24, 2.45) is 0 Å². The molecule has 0 bridgehead atoms. The molecule has 1 aromatic heterocycles. The molecule has 0 aliphatic rings. The Labute approximate surface area is 180 Å². The molecular weight excluding hydrogens is 388 g/mol. The zero-order chi connectivity index (χ0) is 21.6. The molecule has 0 atom stereocenters. The molecule has 1 heterocycles. The van der Waals surface area contributed by atoms with Gasteiger partial charge in [-0.2, -0.15) is 0 Å². The minimum Gasteiger partial charge on any atom is -0.465 e. The fraction of sp³-hybridized carbons (Fsp3) is 0.115. The lowest BCUT2D eigenvalue weighted by Gasteiger charge is -2.12. The Bertz CT molecular complexity index is 1240. The maximum Gasteiger partial charge on any atom is 0.338 e. The number of hydrogen-bond acceptors (Lipinski definition) is 4. The molecule has 5 nitrogen and oxygen atoms in total. The fourth-order valence-electron chi connectivity index (χ4n) is 3.57. The molecule has 3 aromatic carbocycles. The summed E-state index contributed by atoms with van der Waals surface area (Å²) in [5, 5.41) is 3.78. The zero-order valence-corrected chi connectivity index (χ0v) is 17.2. The molecule has 0 aliphatic heterocycles. The summed E-state index contributed by atoms with van der Waals surface area (Å²) in [6, 6.07) is 26.5. The van der Waals surface area contributed by atoms with Crippen molar-refractivity contribution in [2.75, 3.05) is 13.7 Å². The molecule has 154 valence electrons. The zero-order valence-electron chi connectivity index (χ0n) is 17.2. The van der Waals surface area contributed by atoms with Gasteiger partial charge < -0.3 is 10.1 Å². The second-order valence-corrected chi connectivity index (χ2v) is 7.09. The summed E-state index contributed by atoms with van der Waals surface area (Å²) in [4.78, 5) is 29.8. The molecule has 0 fully saturated rings. The van der Waals surface area contributed by atoms with E-state index in [1.54, 1.807) is 12.1 Å². The molecule has 0 unspecified atom stereocenters. The maximum atomic E-state index is 13.1. The highest BCUT2D eigenvalue weighted by Crippen LogP contribution is 2.24. The number of nitrogens with zero attached hydrogens (tertiary/aromatic N) is 1. The fourth-order valence-corrected chi connectivity index (χ4v) is 3.57. The smallest absolute Gasteiger partial charge is 0.338 e. The average Bonchev–Trinajstić information content (AvgIpc) is 2.83. The van der Waals surface area contributed by atoms with Crippen LogP contribution in [0.2, 0.25) is 0 Å².